The fraction of sp³-hybridized carbons (Fsp3) is 0.167. The highest BCUT2D eigenvalue weighted by molar-refractivity contribution is 9.10. The van der Waals surface area contributed by atoms with Crippen LogP contribution in [0.2, 0.25) is 0 Å². The summed E-state index contributed by atoms with van der Waals surface area (Å²) in [6.07, 6.45) is 1.98. The molecule has 2 rings (SSSR count). The number of hydrogen-bond donors (Lipinski definition) is 1. The van der Waals surface area contributed by atoms with Gasteiger partial charge in [0.1, 0.15) is 11.6 Å². The molecule has 1 aromatic heterocycles. The zero-order chi connectivity index (χ0) is 11.5. The minimum atomic E-state index is -0.321. The number of furan rings is 1. The predicted octanol–water partition coefficient (Wildman–Crippen LogP) is 3.42. The van der Waals surface area contributed by atoms with E-state index in [-0.39, 0.29) is 11.9 Å². The van der Waals surface area contributed by atoms with Gasteiger partial charge in [-0.05, 0) is 42.3 Å². The van der Waals surface area contributed by atoms with Crippen molar-refractivity contribution in [3.8, 4) is 0 Å². The number of benzene rings is 1. The summed E-state index contributed by atoms with van der Waals surface area (Å²) in [5.41, 5.74) is 6.50. The fourth-order valence-corrected chi connectivity index (χ4v) is 1.95. The van der Waals surface area contributed by atoms with Crippen molar-refractivity contribution in [2.24, 2.45) is 5.73 Å². The van der Waals surface area contributed by atoms with Gasteiger partial charge in [0.25, 0.3) is 0 Å². The molecule has 4 heteroatoms. The smallest absolute Gasteiger partial charge is 0.126 e. The highest BCUT2D eigenvalue weighted by Crippen LogP contribution is 2.21. The Labute approximate surface area is 101 Å². The van der Waals surface area contributed by atoms with Gasteiger partial charge >= 0.3 is 0 Å². The van der Waals surface area contributed by atoms with E-state index in [1.54, 1.807) is 30.5 Å². The first-order chi connectivity index (χ1) is 7.66. The molecule has 0 aliphatic carbocycles. The minimum Gasteiger partial charge on any atom is -0.468 e. The van der Waals surface area contributed by atoms with Crippen LogP contribution in [0.15, 0.2) is 45.5 Å². The van der Waals surface area contributed by atoms with Crippen molar-refractivity contribution < 1.29 is 8.81 Å². The average molecular weight is 284 g/mol. The van der Waals surface area contributed by atoms with E-state index in [0.717, 1.165) is 4.47 Å². The molecule has 1 heterocycles. The van der Waals surface area contributed by atoms with Gasteiger partial charge in [-0.2, -0.15) is 0 Å². The molecule has 0 saturated carbocycles. The molecular weight excluding hydrogens is 273 g/mol. The topological polar surface area (TPSA) is 39.2 Å². The first-order valence-electron chi connectivity index (χ1n) is 4.89. The molecule has 0 bridgehead atoms. The van der Waals surface area contributed by atoms with Crippen LogP contribution in [0.3, 0.4) is 0 Å². The summed E-state index contributed by atoms with van der Waals surface area (Å²) in [5.74, 6) is 0.421. The Hall–Kier alpha value is -1.13. The third-order valence-electron chi connectivity index (χ3n) is 2.36. The van der Waals surface area contributed by atoms with Crippen LogP contribution in [0.25, 0.3) is 0 Å². The molecule has 0 amide bonds. The molecule has 0 saturated heterocycles. The lowest BCUT2D eigenvalue weighted by Crippen LogP contribution is -2.13. The quantitative estimate of drug-likeness (QED) is 0.938. The van der Waals surface area contributed by atoms with Gasteiger partial charge in [-0.3, -0.25) is 0 Å². The number of nitrogens with two attached hydrogens (primary N) is 1. The lowest BCUT2D eigenvalue weighted by atomic mass is 10.0. The molecule has 84 valence electrons. The lowest BCUT2D eigenvalue weighted by molar-refractivity contribution is 0.460. The van der Waals surface area contributed by atoms with Crippen molar-refractivity contribution >= 4 is 15.9 Å². The maximum absolute atomic E-state index is 13.5. The zero-order valence-corrected chi connectivity index (χ0v) is 10.1. The number of rotatable bonds is 3. The van der Waals surface area contributed by atoms with Crippen molar-refractivity contribution in [2.75, 3.05) is 0 Å². The molecule has 2 nitrogen and oxygen atoms in total. The second kappa shape index (κ2) is 4.80. The van der Waals surface area contributed by atoms with Crippen LogP contribution in [-0.4, -0.2) is 0 Å². The zero-order valence-electron chi connectivity index (χ0n) is 8.49. The lowest BCUT2D eigenvalue weighted by Gasteiger charge is -2.09. The molecule has 2 aromatic rings. The first-order valence-corrected chi connectivity index (χ1v) is 5.69. The maximum atomic E-state index is 13.5. The van der Waals surface area contributed by atoms with E-state index in [9.17, 15) is 4.39 Å². The molecule has 0 radical (unpaired) electrons. The summed E-state index contributed by atoms with van der Waals surface area (Å²) in [5, 5.41) is 0. The van der Waals surface area contributed by atoms with Crippen molar-refractivity contribution in [1.29, 1.82) is 0 Å². The van der Waals surface area contributed by atoms with E-state index >= 15 is 0 Å². The third-order valence-corrected chi connectivity index (χ3v) is 2.85. The Morgan fingerprint density at radius 3 is 2.88 bits per heavy atom. The van der Waals surface area contributed by atoms with Crippen LogP contribution in [0.5, 0.6) is 0 Å². The van der Waals surface area contributed by atoms with Gasteiger partial charge < -0.3 is 10.2 Å². The van der Waals surface area contributed by atoms with E-state index < -0.39 is 0 Å². The van der Waals surface area contributed by atoms with Crippen LogP contribution >= 0.6 is 15.9 Å². The van der Waals surface area contributed by atoms with Crippen LogP contribution in [0.4, 0.5) is 4.39 Å². The molecule has 0 aliphatic rings. The summed E-state index contributed by atoms with van der Waals surface area (Å²) < 4.78 is 19.5. The van der Waals surface area contributed by atoms with E-state index in [0.29, 0.717) is 17.7 Å². The Morgan fingerprint density at radius 2 is 2.19 bits per heavy atom. The SMILES string of the molecule is NC(Cc1cc(Br)ccc1F)c1ccco1. The third kappa shape index (κ3) is 2.51. The fourth-order valence-electron chi connectivity index (χ4n) is 1.54. The highest BCUT2D eigenvalue weighted by Gasteiger charge is 2.12. The molecule has 0 spiro atoms. The largest absolute Gasteiger partial charge is 0.468 e. The molecule has 0 fully saturated rings. The Bertz CT molecular complexity index is 470. The van der Waals surface area contributed by atoms with Crippen molar-refractivity contribution in [3.05, 3.63) is 58.2 Å². The monoisotopic (exact) mass is 283 g/mol. The molecule has 1 atom stereocenters. The maximum Gasteiger partial charge on any atom is 0.126 e. The van der Waals surface area contributed by atoms with E-state index in [2.05, 4.69) is 15.9 Å². The summed E-state index contributed by atoms with van der Waals surface area (Å²) in [6.45, 7) is 0. The van der Waals surface area contributed by atoms with E-state index in [1.807, 2.05) is 0 Å². The molecule has 2 N–H and O–H groups in total. The molecule has 1 unspecified atom stereocenters. The van der Waals surface area contributed by atoms with Gasteiger partial charge in [-0.15, -0.1) is 0 Å². The summed E-state index contributed by atoms with van der Waals surface area (Å²) in [6, 6.07) is 8.07. The van der Waals surface area contributed by atoms with Gasteiger partial charge in [-0.25, -0.2) is 4.39 Å². The second-order valence-corrected chi connectivity index (χ2v) is 4.48. The van der Waals surface area contributed by atoms with Crippen LogP contribution in [0, 0.1) is 5.82 Å². The van der Waals surface area contributed by atoms with E-state index in [4.69, 9.17) is 10.2 Å². The normalized spacial score (nSPS) is 12.7. The predicted molar refractivity (Wildman–Crippen MR) is 63.4 cm³/mol. The highest BCUT2D eigenvalue weighted by atomic mass is 79.9. The van der Waals surface area contributed by atoms with Crippen LogP contribution < -0.4 is 5.73 Å². The van der Waals surface area contributed by atoms with Gasteiger partial charge in [0.15, 0.2) is 0 Å². The van der Waals surface area contributed by atoms with Crippen LogP contribution in [-0.2, 0) is 6.42 Å². The average Bonchev–Trinajstić information content (AvgIpc) is 2.76. The van der Waals surface area contributed by atoms with E-state index in [1.165, 1.54) is 6.07 Å². The molecular formula is C12H11BrFNO. The number of halogens is 2. The van der Waals surface area contributed by atoms with Gasteiger partial charge in [0.2, 0.25) is 0 Å². The first kappa shape index (κ1) is 11.4. The summed E-state index contributed by atoms with van der Waals surface area (Å²) in [4.78, 5) is 0. The minimum absolute atomic E-state index is 0.245. The Morgan fingerprint density at radius 1 is 1.38 bits per heavy atom. The Balaban J connectivity index is 2.17. The van der Waals surface area contributed by atoms with Gasteiger partial charge in [0.05, 0.1) is 12.3 Å². The van der Waals surface area contributed by atoms with Crippen LogP contribution in [0.1, 0.15) is 17.4 Å². The number of hydrogen-bond acceptors (Lipinski definition) is 2. The van der Waals surface area contributed by atoms with Gasteiger partial charge in [-0.1, -0.05) is 15.9 Å². The second-order valence-electron chi connectivity index (χ2n) is 3.56. The van der Waals surface area contributed by atoms with Crippen molar-refractivity contribution in [2.45, 2.75) is 12.5 Å². The molecule has 16 heavy (non-hydrogen) atoms. The molecule has 0 aliphatic heterocycles. The molecule has 1 aromatic carbocycles. The standard InChI is InChI=1S/C12H11BrFNO/c13-9-3-4-10(14)8(6-9)7-11(15)12-2-1-5-16-12/h1-6,11H,7,15H2. The summed E-state index contributed by atoms with van der Waals surface area (Å²) in [7, 11) is 0. The summed E-state index contributed by atoms with van der Waals surface area (Å²) >= 11 is 3.30. The van der Waals surface area contributed by atoms with Crippen molar-refractivity contribution in [1.82, 2.24) is 0 Å². The Kier molecular flexibility index (Phi) is 3.41. The van der Waals surface area contributed by atoms with Crippen molar-refractivity contribution in [3.63, 3.8) is 0 Å². The van der Waals surface area contributed by atoms with Gasteiger partial charge in [0, 0.05) is 4.47 Å².